The van der Waals surface area contributed by atoms with Gasteiger partial charge in [0.05, 0.1) is 6.10 Å². The average molecular weight is 469 g/mol. The number of nitrogens with zero attached hydrogens (tertiary/aromatic N) is 1. The van der Waals surface area contributed by atoms with E-state index in [2.05, 4.69) is 22.5 Å². The minimum absolute atomic E-state index is 0. The number of hydrogen-bond acceptors (Lipinski definition) is 3. The Morgan fingerprint density at radius 3 is 2.48 bits per heavy atom. The van der Waals surface area contributed by atoms with Crippen molar-refractivity contribution in [1.29, 1.82) is 0 Å². The monoisotopic (exact) mass is 469 g/mol. The highest BCUT2D eigenvalue weighted by molar-refractivity contribution is 14.0. The molecule has 0 atom stereocenters. The van der Waals surface area contributed by atoms with Crippen LogP contribution >= 0.6 is 24.0 Å². The molecule has 1 saturated carbocycles. The van der Waals surface area contributed by atoms with Gasteiger partial charge in [0.2, 0.25) is 0 Å². The molecule has 0 aromatic rings. The smallest absolute Gasteiger partial charge is 0.191 e. The maximum Gasteiger partial charge on any atom is 0.191 e. The second-order valence-corrected chi connectivity index (χ2v) is 6.43. The van der Waals surface area contributed by atoms with E-state index in [1.807, 2.05) is 6.92 Å². The van der Waals surface area contributed by atoms with Gasteiger partial charge in [-0.05, 0) is 52.4 Å². The third-order valence-electron chi connectivity index (χ3n) is 4.28. The molecule has 0 aromatic heterocycles. The molecule has 0 heterocycles. The maximum atomic E-state index is 5.97. The van der Waals surface area contributed by atoms with Crippen LogP contribution in [0, 0.1) is 0 Å². The first-order valence-corrected chi connectivity index (χ1v) is 10.1. The van der Waals surface area contributed by atoms with E-state index in [-0.39, 0.29) is 24.0 Å². The summed E-state index contributed by atoms with van der Waals surface area (Å²) in [6.45, 7) is 9.30. The van der Waals surface area contributed by atoms with E-state index >= 15 is 0 Å². The van der Waals surface area contributed by atoms with Crippen molar-refractivity contribution in [2.75, 3.05) is 39.5 Å². The van der Waals surface area contributed by atoms with Gasteiger partial charge >= 0.3 is 0 Å². The highest BCUT2D eigenvalue weighted by Crippen LogP contribution is 2.20. The van der Waals surface area contributed by atoms with E-state index in [1.54, 1.807) is 0 Å². The summed E-state index contributed by atoms with van der Waals surface area (Å²) < 4.78 is 11.3. The van der Waals surface area contributed by atoms with E-state index in [1.165, 1.54) is 44.9 Å². The SMILES string of the molecule is CCNC(=NCCCOCC)NCCCCCOC1CCCCC1.I. The second-order valence-electron chi connectivity index (χ2n) is 6.43. The van der Waals surface area contributed by atoms with Crippen LogP contribution in [0.2, 0.25) is 0 Å². The van der Waals surface area contributed by atoms with Gasteiger partial charge in [-0.1, -0.05) is 19.3 Å². The molecule has 0 aromatic carbocycles. The Bertz CT molecular complexity index is 311. The molecule has 25 heavy (non-hydrogen) atoms. The van der Waals surface area contributed by atoms with Crippen LogP contribution in [0.4, 0.5) is 0 Å². The number of unbranched alkanes of at least 4 members (excludes halogenated alkanes) is 2. The Balaban J connectivity index is 0.00000576. The fraction of sp³-hybridized carbons (Fsp3) is 0.947. The van der Waals surface area contributed by atoms with Gasteiger partial charge in [-0.2, -0.15) is 0 Å². The lowest BCUT2D eigenvalue weighted by Gasteiger charge is -2.21. The maximum absolute atomic E-state index is 5.97. The number of nitrogens with one attached hydrogen (secondary N) is 2. The largest absolute Gasteiger partial charge is 0.382 e. The third-order valence-corrected chi connectivity index (χ3v) is 4.28. The molecule has 0 aliphatic heterocycles. The molecule has 150 valence electrons. The van der Waals surface area contributed by atoms with Crippen molar-refractivity contribution in [2.24, 2.45) is 4.99 Å². The molecule has 0 unspecified atom stereocenters. The van der Waals surface area contributed by atoms with Gasteiger partial charge in [0, 0.05) is 39.5 Å². The Hall–Kier alpha value is -0.0800. The molecule has 6 heteroatoms. The third kappa shape index (κ3) is 14.7. The van der Waals surface area contributed by atoms with Crippen LogP contribution in [0.15, 0.2) is 4.99 Å². The minimum atomic E-state index is 0. The first kappa shape index (κ1) is 24.9. The van der Waals surface area contributed by atoms with Crippen molar-refractivity contribution < 1.29 is 9.47 Å². The molecular formula is C19H40IN3O2. The summed E-state index contributed by atoms with van der Waals surface area (Å²) in [4.78, 5) is 4.57. The van der Waals surface area contributed by atoms with E-state index in [0.29, 0.717) is 6.10 Å². The predicted octanol–water partition coefficient (Wildman–Crippen LogP) is 4.11. The average Bonchev–Trinajstić information content (AvgIpc) is 2.61. The lowest BCUT2D eigenvalue weighted by Crippen LogP contribution is -2.37. The zero-order valence-corrected chi connectivity index (χ0v) is 18.7. The van der Waals surface area contributed by atoms with Crippen LogP contribution in [0.5, 0.6) is 0 Å². The van der Waals surface area contributed by atoms with Crippen molar-refractivity contribution >= 4 is 29.9 Å². The summed E-state index contributed by atoms with van der Waals surface area (Å²) in [6.07, 6.45) is 11.7. The molecule has 1 aliphatic carbocycles. The van der Waals surface area contributed by atoms with Crippen LogP contribution in [0.3, 0.4) is 0 Å². The molecule has 5 nitrogen and oxygen atoms in total. The number of hydrogen-bond donors (Lipinski definition) is 2. The second kappa shape index (κ2) is 18.7. The van der Waals surface area contributed by atoms with Gasteiger partial charge < -0.3 is 20.1 Å². The molecule has 2 N–H and O–H groups in total. The number of aliphatic imine (C=N–C) groups is 1. The first-order chi connectivity index (χ1) is 11.9. The van der Waals surface area contributed by atoms with E-state index < -0.39 is 0 Å². The van der Waals surface area contributed by atoms with Gasteiger partial charge in [0.25, 0.3) is 0 Å². The number of ether oxygens (including phenoxy) is 2. The molecule has 1 fully saturated rings. The molecule has 0 spiro atoms. The van der Waals surface area contributed by atoms with E-state index in [9.17, 15) is 0 Å². The van der Waals surface area contributed by atoms with Crippen LogP contribution in [0.1, 0.15) is 71.6 Å². The summed E-state index contributed by atoms with van der Waals surface area (Å²) >= 11 is 0. The zero-order valence-electron chi connectivity index (χ0n) is 16.4. The highest BCUT2D eigenvalue weighted by Gasteiger charge is 2.12. The van der Waals surface area contributed by atoms with Gasteiger partial charge in [-0.3, -0.25) is 4.99 Å². The summed E-state index contributed by atoms with van der Waals surface area (Å²) in [6, 6.07) is 0. The van der Waals surface area contributed by atoms with Gasteiger partial charge in [-0.25, -0.2) is 0 Å². The van der Waals surface area contributed by atoms with Crippen molar-refractivity contribution in [3.63, 3.8) is 0 Å². The Morgan fingerprint density at radius 1 is 0.960 bits per heavy atom. The van der Waals surface area contributed by atoms with E-state index in [4.69, 9.17) is 9.47 Å². The molecule has 1 aliphatic rings. The van der Waals surface area contributed by atoms with Crippen LogP contribution < -0.4 is 10.6 Å². The summed E-state index contributed by atoms with van der Waals surface area (Å²) in [7, 11) is 0. The summed E-state index contributed by atoms with van der Waals surface area (Å²) in [5, 5.41) is 6.70. The van der Waals surface area contributed by atoms with Gasteiger partial charge in [0.15, 0.2) is 5.96 Å². The van der Waals surface area contributed by atoms with Crippen LogP contribution in [-0.2, 0) is 9.47 Å². The molecule has 0 bridgehead atoms. The van der Waals surface area contributed by atoms with Crippen molar-refractivity contribution in [3.8, 4) is 0 Å². The lowest BCUT2D eigenvalue weighted by atomic mass is 9.98. The van der Waals surface area contributed by atoms with Crippen molar-refractivity contribution in [2.45, 2.75) is 77.7 Å². The summed E-state index contributed by atoms with van der Waals surface area (Å²) in [5.41, 5.74) is 0. The first-order valence-electron chi connectivity index (χ1n) is 10.1. The summed E-state index contributed by atoms with van der Waals surface area (Å²) in [5.74, 6) is 0.924. The fourth-order valence-electron chi connectivity index (χ4n) is 2.94. The van der Waals surface area contributed by atoms with Crippen molar-refractivity contribution in [1.82, 2.24) is 10.6 Å². The van der Waals surface area contributed by atoms with Gasteiger partial charge in [-0.15, -0.1) is 24.0 Å². The molecule has 0 amide bonds. The molecule has 1 rings (SSSR count). The minimum Gasteiger partial charge on any atom is -0.382 e. The van der Waals surface area contributed by atoms with Crippen LogP contribution in [0.25, 0.3) is 0 Å². The number of guanidine groups is 1. The number of halogens is 1. The Kier molecular flexibility index (Phi) is 18.6. The predicted molar refractivity (Wildman–Crippen MR) is 117 cm³/mol. The molecule has 0 radical (unpaired) electrons. The topological polar surface area (TPSA) is 54.9 Å². The molecular weight excluding hydrogens is 429 g/mol. The quantitative estimate of drug-likeness (QED) is 0.185. The van der Waals surface area contributed by atoms with Crippen molar-refractivity contribution in [3.05, 3.63) is 0 Å². The Morgan fingerprint density at radius 2 is 1.76 bits per heavy atom. The number of rotatable bonds is 13. The standard InChI is InChI=1S/C19H39N3O2.HI/c1-3-20-19(22-15-11-16-23-4-2)21-14-9-6-10-17-24-18-12-7-5-8-13-18;/h18H,3-17H2,1-2H3,(H2,20,21,22);1H. The van der Waals surface area contributed by atoms with Gasteiger partial charge in [0.1, 0.15) is 0 Å². The van der Waals surface area contributed by atoms with Crippen LogP contribution in [-0.4, -0.2) is 51.5 Å². The molecule has 0 saturated heterocycles. The fourth-order valence-corrected chi connectivity index (χ4v) is 2.94. The normalized spacial score (nSPS) is 15.7. The lowest BCUT2D eigenvalue weighted by molar-refractivity contribution is 0.0264. The highest BCUT2D eigenvalue weighted by atomic mass is 127. The zero-order chi connectivity index (χ0) is 17.3. The van der Waals surface area contributed by atoms with E-state index in [0.717, 1.165) is 58.3 Å². The Labute approximate surface area is 172 Å².